The Labute approximate surface area is 142 Å². The minimum Gasteiger partial charge on any atom is -0.485 e. The number of fused-ring (bicyclic) bond motifs is 1. The summed E-state index contributed by atoms with van der Waals surface area (Å²) in [5.41, 5.74) is 3.99. The number of likely N-dealkylation sites (tertiary alicyclic amines) is 1. The molecule has 2 aromatic rings. The van der Waals surface area contributed by atoms with Crippen LogP contribution in [0, 0.1) is 13.8 Å². The molecule has 1 spiro atoms. The van der Waals surface area contributed by atoms with Crippen LogP contribution in [0.4, 0.5) is 0 Å². The first kappa shape index (κ1) is 15.2. The van der Waals surface area contributed by atoms with Crippen LogP contribution in [-0.4, -0.2) is 39.7 Å². The number of nitrogens with one attached hydrogen (secondary N) is 1. The zero-order valence-electron chi connectivity index (χ0n) is 14.3. The highest BCUT2D eigenvalue weighted by Crippen LogP contribution is 2.38. The van der Waals surface area contributed by atoms with E-state index in [1.807, 2.05) is 30.9 Å². The first-order valence-corrected chi connectivity index (χ1v) is 8.61. The van der Waals surface area contributed by atoms with Gasteiger partial charge in [0.25, 0.3) is 0 Å². The second-order valence-corrected chi connectivity index (χ2v) is 7.05. The predicted octanol–water partition coefficient (Wildman–Crippen LogP) is 2.57. The van der Waals surface area contributed by atoms with Crippen LogP contribution < -0.4 is 4.74 Å². The van der Waals surface area contributed by atoms with Crippen molar-refractivity contribution in [2.24, 2.45) is 0 Å². The SMILES string of the molecule is Cc1n[nH]c(C)c1CC(=O)N1CCC2(CCc3ccccc3O2)C1. The van der Waals surface area contributed by atoms with Crippen LogP contribution in [0.2, 0.25) is 0 Å². The fourth-order valence-corrected chi connectivity index (χ4v) is 3.90. The number of carbonyl (C=O) groups excluding carboxylic acids is 1. The van der Waals surface area contributed by atoms with E-state index in [1.54, 1.807) is 0 Å². The third-order valence-electron chi connectivity index (χ3n) is 5.43. The number of ether oxygens (including phenoxy) is 1. The van der Waals surface area contributed by atoms with Crippen molar-refractivity contribution in [1.29, 1.82) is 0 Å². The molecule has 2 aliphatic heterocycles. The first-order chi connectivity index (χ1) is 11.6. The molecule has 2 aliphatic rings. The quantitative estimate of drug-likeness (QED) is 0.923. The molecule has 0 aliphatic carbocycles. The summed E-state index contributed by atoms with van der Waals surface area (Å²) < 4.78 is 6.33. The van der Waals surface area contributed by atoms with Crippen molar-refractivity contribution < 1.29 is 9.53 Å². The van der Waals surface area contributed by atoms with Crippen LogP contribution in [0.15, 0.2) is 24.3 Å². The van der Waals surface area contributed by atoms with Gasteiger partial charge in [-0.1, -0.05) is 18.2 Å². The van der Waals surface area contributed by atoms with Crippen LogP contribution in [0.1, 0.15) is 35.4 Å². The fraction of sp³-hybridized carbons (Fsp3) is 0.474. The molecule has 3 heterocycles. The summed E-state index contributed by atoms with van der Waals surface area (Å²) in [6.07, 6.45) is 3.34. The molecule has 1 unspecified atom stereocenters. The van der Waals surface area contributed by atoms with Crippen LogP contribution in [0.5, 0.6) is 5.75 Å². The number of nitrogens with zero attached hydrogens (tertiary/aromatic N) is 2. The summed E-state index contributed by atoms with van der Waals surface area (Å²) in [7, 11) is 0. The smallest absolute Gasteiger partial charge is 0.227 e. The molecule has 1 amide bonds. The summed E-state index contributed by atoms with van der Waals surface area (Å²) in [4.78, 5) is 14.7. The van der Waals surface area contributed by atoms with Crippen LogP contribution in [0.3, 0.4) is 0 Å². The van der Waals surface area contributed by atoms with Gasteiger partial charge in [-0.25, -0.2) is 0 Å². The molecule has 24 heavy (non-hydrogen) atoms. The number of aryl methyl sites for hydroxylation is 3. The Morgan fingerprint density at radius 2 is 2.17 bits per heavy atom. The number of carbonyl (C=O) groups is 1. The van der Waals surface area contributed by atoms with E-state index in [1.165, 1.54) is 5.56 Å². The molecule has 1 aromatic carbocycles. The second kappa shape index (κ2) is 5.65. The number of benzene rings is 1. The monoisotopic (exact) mass is 325 g/mol. The zero-order valence-corrected chi connectivity index (χ0v) is 14.3. The van der Waals surface area contributed by atoms with Crippen molar-refractivity contribution in [2.45, 2.75) is 45.1 Å². The Balaban J connectivity index is 1.46. The number of aromatic amines is 1. The molecule has 1 atom stereocenters. The fourth-order valence-electron chi connectivity index (χ4n) is 3.90. The average molecular weight is 325 g/mol. The minimum atomic E-state index is -0.204. The lowest BCUT2D eigenvalue weighted by Gasteiger charge is -2.35. The maximum Gasteiger partial charge on any atom is 0.227 e. The number of rotatable bonds is 2. The number of H-pyrrole nitrogens is 1. The average Bonchev–Trinajstić information content (AvgIpc) is 3.13. The van der Waals surface area contributed by atoms with E-state index in [9.17, 15) is 4.79 Å². The molecular weight excluding hydrogens is 302 g/mol. The van der Waals surface area contributed by atoms with Crippen molar-refractivity contribution in [3.8, 4) is 5.75 Å². The molecule has 5 heteroatoms. The van der Waals surface area contributed by atoms with Crippen molar-refractivity contribution in [2.75, 3.05) is 13.1 Å². The number of para-hydroxylation sites is 1. The van der Waals surface area contributed by atoms with E-state index in [-0.39, 0.29) is 11.5 Å². The Hall–Kier alpha value is -2.30. The Morgan fingerprint density at radius 1 is 1.33 bits per heavy atom. The lowest BCUT2D eigenvalue weighted by Crippen LogP contribution is -2.43. The lowest BCUT2D eigenvalue weighted by atomic mass is 9.90. The van der Waals surface area contributed by atoms with Gasteiger partial charge in [0.05, 0.1) is 18.7 Å². The van der Waals surface area contributed by atoms with Gasteiger partial charge < -0.3 is 9.64 Å². The maximum atomic E-state index is 12.7. The van der Waals surface area contributed by atoms with E-state index < -0.39 is 0 Å². The van der Waals surface area contributed by atoms with Crippen molar-refractivity contribution >= 4 is 5.91 Å². The van der Waals surface area contributed by atoms with E-state index in [4.69, 9.17) is 4.74 Å². The van der Waals surface area contributed by atoms with Crippen molar-refractivity contribution in [3.63, 3.8) is 0 Å². The third-order valence-corrected chi connectivity index (χ3v) is 5.43. The largest absolute Gasteiger partial charge is 0.485 e. The molecule has 1 fully saturated rings. The van der Waals surface area contributed by atoms with E-state index in [2.05, 4.69) is 22.3 Å². The van der Waals surface area contributed by atoms with E-state index in [0.717, 1.165) is 48.5 Å². The van der Waals surface area contributed by atoms with Gasteiger partial charge >= 0.3 is 0 Å². The lowest BCUT2D eigenvalue weighted by molar-refractivity contribution is -0.130. The van der Waals surface area contributed by atoms with Gasteiger partial charge in [-0.05, 0) is 38.3 Å². The van der Waals surface area contributed by atoms with Gasteiger partial charge in [-0.2, -0.15) is 5.10 Å². The summed E-state index contributed by atoms with van der Waals surface area (Å²) in [5, 5.41) is 7.14. The summed E-state index contributed by atoms with van der Waals surface area (Å²) in [6, 6.07) is 8.24. The summed E-state index contributed by atoms with van der Waals surface area (Å²) in [6.45, 7) is 5.38. The molecule has 5 nitrogen and oxygen atoms in total. The molecule has 126 valence electrons. The normalized spacial score (nSPS) is 22.5. The third kappa shape index (κ3) is 2.58. The molecule has 1 N–H and O–H groups in total. The molecule has 1 aromatic heterocycles. The molecule has 4 rings (SSSR count). The second-order valence-electron chi connectivity index (χ2n) is 7.05. The number of aromatic nitrogens is 2. The highest BCUT2D eigenvalue weighted by molar-refractivity contribution is 5.79. The van der Waals surface area contributed by atoms with Crippen molar-refractivity contribution in [1.82, 2.24) is 15.1 Å². The van der Waals surface area contributed by atoms with Crippen molar-refractivity contribution in [3.05, 3.63) is 46.8 Å². The zero-order chi connectivity index (χ0) is 16.7. The Morgan fingerprint density at radius 3 is 2.96 bits per heavy atom. The number of amides is 1. The molecule has 1 saturated heterocycles. The van der Waals surface area contributed by atoms with Gasteiger partial charge in [0, 0.05) is 24.2 Å². The Kier molecular flexibility index (Phi) is 3.59. The van der Waals surface area contributed by atoms with E-state index in [0.29, 0.717) is 13.0 Å². The number of hydrogen-bond donors (Lipinski definition) is 1. The summed E-state index contributed by atoms with van der Waals surface area (Å²) in [5.74, 6) is 1.15. The minimum absolute atomic E-state index is 0.168. The van der Waals surface area contributed by atoms with E-state index >= 15 is 0 Å². The number of hydrogen-bond acceptors (Lipinski definition) is 3. The van der Waals surface area contributed by atoms with Crippen LogP contribution in [-0.2, 0) is 17.6 Å². The van der Waals surface area contributed by atoms with Gasteiger partial charge in [-0.3, -0.25) is 9.89 Å². The van der Waals surface area contributed by atoms with Gasteiger partial charge in [-0.15, -0.1) is 0 Å². The topological polar surface area (TPSA) is 58.2 Å². The Bertz CT molecular complexity index is 763. The molecule has 0 saturated carbocycles. The first-order valence-electron chi connectivity index (χ1n) is 8.61. The van der Waals surface area contributed by atoms with Gasteiger partial charge in [0.1, 0.15) is 11.4 Å². The van der Waals surface area contributed by atoms with Gasteiger partial charge in [0.15, 0.2) is 0 Å². The molecular formula is C19H23N3O2. The predicted molar refractivity (Wildman–Crippen MR) is 91.1 cm³/mol. The van der Waals surface area contributed by atoms with Crippen LogP contribution in [0.25, 0.3) is 0 Å². The van der Waals surface area contributed by atoms with Crippen LogP contribution >= 0.6 is 0 Å². The molecule has 0 bridgehead atoms. The standard InChI is InChI=1S/C19H23N3O2/c1-13-16(14(2)21-20-13)11-18(23)22-10-9-19(12-22)8-7-15-5-3-4-6-17(15)24-19/h3-6H,7-12H2,1-2H3,(H,20,21). The summed E-state index contributed by atoms with van der Waals surface area (Å²) >= 11 is 0. The highest BCUT2D eigenvalue weighted by atomic mass is 16.5. The highest BCUT2D eigenvalue weighted by Gasteiger charge is 2.44. The van der Waals surface area contributed by atoms with Gasteiger partial charge in [0.2, 0.25) is 5.91 Å². The molecule has 0 radical (unpaired) electrons. The maximum absolute atomic E-state index is 12.7.